The highest BCUT2D eigenvalue weighted by Gasteiger charge is 2.36. The summed E-state index contributed by atoms with van der Waals surface area (Å²) in [4.78, 5) is 0. The van der Waals surface area contributed by atoms with E-state index in [4.69, 9.17) is 23.7 Å². The van der Waals surface area contributed by atoms with E-state index in [0.717, 1.165) is 12.1 Å². The first-order valence-electron chi connectivity index (χ1n) is 7.56. The third-order valence-electron chi connectivity index (χ3n) is 3.47. The average Bonchev–Trinajstić information content (AvgIpc) is 2.58. The number of nitrogen functional groups attached to an aromatic ring is 1. The van der Waals surface area contributed by atoms with Gasteiger partial charge in [-0.25, -0.2) is 0 Å². The average molecular weight is 344 g/mol. The van der Waals surface area contributed by atoms with Crippen molar-refractivity contribution in [2.75, 3.05) is 52.1 Å². The van der Waals surface area contributed by atoms with Crippen LogP contribution in [-0.2, 0) is 18.0 Å². The fourth-order valence-electron chi connectivity index (χ4n) is 2.06. The predicted molar refractivity (Wildman–Crippen MR) is 92.4 cm³/mol. The van der Waals surface area contributed by atoms with Crippen LogP contribution in [0.2, 0.25) is 6.04 Å². The van der Waals surface area contributed by atoms with E-state index in [2.05, 4.69) is 5.32 Å². The molecule has 0 heterocycles. The number of hydrogen-bond acceptors (Lipinski definition) is 7. The van der Waals surface area contributed by atoms with Crippen LogP contribution in [-0.4, -0.2) is 61.1 Å². The predicted octanol–water partition coefficient (Wildman–Crippen LogP) is 1.33. The Bertz CT molecular complexity index is 420. The van der Waals surface area contributed by atoms with Gasteiger partial charge in [0.05, 0.1) is 12.7 Å². The van der Waals surface area contributed by atoms with Gasteiger partial charge in [0.2, 0.25) is 0 Å². The van der Waals surface area contributed by atoms with Gasteiger partial charge in [0.25, 0.3) is 0 Å². The second-order valence-corrected chi connectivity index (χ2v) is 8.22. The van der Waals surface area contributed by atoms with Crippen LogP contribution in [0, 0.1) is 0 Å². The summed E-state index contributed by atoms with van der Waals surface area (Å²) in [6.07, 6.45) is 0.168. The van der Waals surface area contributed by atoms with Crippen LogP contribution in [0.4, 0.5) is 11.4 Å². The molecule has 1 aromatic rings. The third-order valence-corrected chi connectivity index (χ3v) is 6.30. The highest BCUT2D eigenvalue weighted by atomic mass is 28.4. The van der Waals surface area contributed by atoms with E-state index in [1.54, 1.807) is 21.3 Å². The van der Waals surface area contributed by atoms with Gasteiger partial charge in [0.15, 0.2) is 0 Å². The lowest BCUT2D eigenvalue weighted by molar-refractivity contribution is 0.0412. The summed E-state index contributed by atoms with van der Waals surface area (Å²) in [7, 11) is 2.25. The Kier molecular flexibility index (Phi) is 9.15. The molecule has 132 valence electrons. The van der Waals surface area contributed by atoms with Crippen molar-refractivity contribution in [1.29, 1.82) is 0 Å². The van der Waals surface area contributed by atoms with E-state index in [9.17, 15) is 5.11 Å². The molecule has 0 bridgehead atoms. The molecule has 8 heteroatoms. The number of anilines is 2. The molecule has 0 aliphatic rings. The summed E-state index contributed by atoms with van der Waals surface area (Å²) in [6.45, 7) is 1.20. The summed E-state index contributed by atoms with van der Waals surface area (Å²) in [5, 5.41) is 13.0. The quantitative estimate of drug-likeness (QED) is 0.299. The maximum atomic E-state index is 9.89. The molecule has 0 aromatic heterocycles. The molecule has 1 rings (SSSR count). The van der Waals surface area contributed by atoms with Crippen molar-refractivity contribution in [3.63, 3.8) is 0 Å². The molecule has 0 aliphatic carbocycles. The van der Waals surface area contributed by atoms with Gasteiger partial charge in [-0.1, -0.05) is 0 Å². The molecule has 1 aromatic carbocycles. The second kappa shape index (κ2) is 10.6. The molecule has 0 fully saturated rings. The molecule has 0 radical (unpaired) electrons. The number of hydrogen-bond donors (Lipinski definition) is 3. The zero-order valence-electron chi connectivity index (χ0n) is 14.1. The van der Waals surface area contributed by atoms with E-state index in [1.165, 1.54) is 0 Å². The van der Waals surface area contributed by atoms with Crippen LogP contribution in [0.3, 0.4) is 0 Å². The maximum Gasteiger partial charge on any atom is 0.500 e. The topological polar surface area (TPSA) is 95.2 Å². The highest BCUT2D eigenvalue weighted by Crippen LogP contribution is 2.15. The summed E-state index contributed by atoms with van der Waals surface area (Å²) in [6, 6.07) is 8.03. The number of aliphatic hydroxyl groups excluding tert-OH is 1. The Morgan fingerprint density at radius 2 is 1.74 bits per heavy atom. The number of nitrogens with two attached hydrogens (primary N) is 1. The minimum Gasteiger partial charge on any atom is -0.399 e. The van der Waals surface area contributed by atoms with Gasteiger partial charge in [0, 0.05) is 51.9 Å². The molecule has 7 nitrogen and oxygen atoms in total. The van der Waals surface area contributed by atoms with E-state index in [0.29, 0.717) is 24.9 Å². The third kappa shape index (κ3) is 7.29. The first-order valence-corrected chi connectivity index (χ1v) is 9.49. The van der Waals surface area contributed by atoms with Crippen LogP contribution in [0.15, 0.2) is 24.3 Å². The summed E-state index contributed by atoms with van der Waals surface area (Å²) in [5.41, 5.74) is 7.24. The standard InChI is InChI=1S/C15H28N2O5Si/c1-19-23(20-2,21-3)10-4-9-22-12-15(18)11-17-14-7-5-13(16)6-8-14/h5-8,15,17-18H,4,9-12,16H2,1-3H3. The van der Waals surface area contributed by atoms with Gasteiger partial charge in [-0.05, 0) is 30.7 Å². The van der Waals surface area contributed by atoms with Crippen molar-refractivity contribution < 1.29 is 23.1 Å². The summed E-state index contributed by atoms with van der Waals surface area (Å²) < 4.78 is 21.5. The lowest BCUT2D eigenvalue weighted by atomic mass is 10.2. The molecule has 1 atom stereocenters. The van der Waals surface area contributed by atoms with Crippen LogP contribution >= 0.6 is 0 Å². The Labute approximate surface area is 139 Å². The lowest BCUT2D eigenvalue weighted by Crippen LogP contribution is -2.42. The number of ether oxygens (including phenoxy) is 1. The van der Waals surface area contributed by atoms with Gasteiger partial charge >= 0.3 is 8.80 Å². The maximum absolute atomic E-state index is 9.89. The second-order valence-electron chi connectivity index (χ2n) is 5.13. The molecular weight excluding hydrogens is 316 g/mol. The molecule has 0 aliphatic heterocycles. The van der Waals surface area contributed by atoms with Crippen molar-refractivity contribution in [2.24, 2.45) is 0 Å². The zero-order valence-corrected chi connectivity index (χ0v) is 15.1. The smallest absolute Gasteiger partial charge is 0.399 e. The largest absolute Gasteiger partial charge is 0.500 e. The lowest BCUT2D eigenvalue weighted by Gasteiger charge is -2.24. The number of aliphatic hydroxyl groups is 1. The highest BCUT2D eigenvalue weighted by molar-refractivity contribution is 6.60. The Morgan fingerprint density at radius 3 is 2.30 bits per heavy atom. The number of benzene rings is 1. The fourth-order valence-corrected chi connectivity index (χ4v) is 3.75. The van der Waals surface area contributed by atoms with Gasteiger partial charge in [0.1, 0.15) is 0 Å². The van der Waals surface area contributed by atoms with Crippen LogP contribution in [0.1, 0.15) is 6.42 Å². The number of rotatable bonds is 12. The number of nitrogens with one attached hydrogen (secondary N) is 1. The van der Waals surface area contributed by atoms with Gasteiger partial charge in [-0.2, -0.15) is 0 Å². The van der Waals surface area contributed by atoms with Crippen molar-refractivity contribution in [3.8, 4) is 0 Å². The molecule has 0 amide bonds. The van der Waals surface area contributed by atoms with E-state index < -0.39 is 14.9 Å². The minimum absolute atomic E-state index is 0.267. The van der Waals surface area contributed by atoms with Crippen LogP contribution in [0.5, 0.6) is 0 Å². The minimum atomic E-state index is -2.52. The SMILES string of the molecule is CO[Si](CCCOCC(O)CNc1ccc(N)cc1)(OC)OC. The molecule has 0 saturated heterocycles. The molecule has 23 heavy (non-hydrogen) atoms. The van der Waals surface area contributed by atoms with Crippen molar-refractivity contribution >= 4 is 20.2 Å². The van der Waals surface area contributed by atoms with Gasteiger partial charge in [-0.3, -0.25) is 0 Å². The summed E-state index contributed by atoms with van der Waals surface area (Å²) in [5.74, 6) is 0. The molecule has 1 unspecified atom stereocenters. The molecule has 4 N–H and O–H groups in total. The molecule has 0 saturated carbocycles. The van der Waals surface area contributed by atoms with Gasteiger partial charge in [-0.15, -0.1) is 0 Å². The normalized spacial score (nSPS) is 13.0. The van der Waals surface area contributed by atoms with E-state index in [1.807, 2.05) is 24.3 Å². The Morgan fingerprint density at radius 1 is 1.13 bits per heavy atom. The van der Waals surface area contributed by atoms with Crippen molar-refractivity contribution in [3.05, 3.63) is 24.3 Å². The van der Waals surface area contributed by atoms with Crippen LogP contribution < -0.4 is 11.1 Å². The molecule has 0 spiro atoms. The fraction of sp³-hybridized carbons (Fsp3) is 0.600. The Balaban J connectivity index is 2.14. The van der Waals surface area contributed by atoms with E-state index in [-0.39, 0.29) is 6.61 Å². The first-order chi connectivity index (χ1) is 11.0. The van der Waals surface area contributed by atoms with Crippen LogP contribution in [0.25, 0.3) is 0 Å². The van der Waals surface area contributed by atoms with Gasteiger partial charge < -0.3 is 34.2 Å². The van der Waals surface area contributed by atoms with E-state index >= 15 is 0 Å². The molecular formula is C15H28N2O5Si. The van der Waals surface area contributed by atoms with Crippen molar-refractivity contribution in [2.45, 2.75) is 18.6 Å². The zero-order chi connectivity index (χ0) is 17.1. The van der Waals surface area contributed by atoms with Crippen molar-refractivity contribution in [1.82, 2.24) is 0 Å². The Hall–Kier alpha value is -1.16. The monoisotopic (exact) mass is 344 g/mol. The summed E-state index contributed by atoms with van der Waals surface area (Å²) >= 11 is 0. The first kappa shape index (κ1) is 19.9.